The van der Waals surface area contributed by atoms with Crippen molar-refractivity contribution in [3.05, 3.63) is 33.9 Å². The standard InChI is InChI=1S/C19H25BrN2O5S/c1-6-27-19-15(20)10-9-13(16(19)22(4)28(5,25)26)18(24)14(11-21(2)3)17(23)12-7-8-12/h9-12H,6-8H2,1-5H3/b14-11+. The number of rotatable bonds is 9. The molecule has 2 rings (SSSR count). The fourth-order valence-corrected chi connectivity index (χ4v) is 3.64. The molecular weight excluding hydrogens is 448 g/mol. The third kappa shape index (κ3) is 4.94. The summed E-state index contributed by atoms with van der Waals surface area (Å²) in [6, 6.07) is 3.13. The van der Waals surface area contributed by atoms with E-state index in [1.165, 1.54) is 19.3 Å². The van der Waals surface area contributed by atoms with Crippen molar-refractivity contribution in [2.75, 3.05) is 38.3 Å². The predicted octanol–water partition coefficient (Wildman–Crippen LogP) is 2.85. The Morgan fingerprint density at radius 2 is 1.86 bits per heavy atom. The van der Waals surface area contributed by atoms with Gasteiger partial charge in [0.2, 0.25) is 10.0 Å². The summed E-state index contributed by atoms with van der Waals surface area (Å²) in [4.78, 5) is 27.7. The molecule has 0 heterocycles. The van der Waals surface area contributed by atoms with Gasteiger partial charge in [0, 0.05) is 33.3 Å². The van der Waals surface area contributed by atoms with Crippen molar-refractivity contribution in [1.82, 2.24) is 4.90 Å². The van der Waals surface area contributed by atoms with Crippen molar-refractivity contribution in [2.45, 2.75) is 19.8 Å². The molecule has 1 aromatic carbocycles. The molecule has 0 amide bonds. The molecule has 0 bridgehead atoms. The molecule has 0 N–H and O–H groups in total. The first-order valence-electron chi connectivity index (χ1n) is 8.85. The van der Waals surface area contributed by atoms with Crippen LogP contribution in [0.25, 0.3) is 0 Å². The second kappa shape index (κ2) is 8.65. The Morgan fingerprint density at radius 1 is 1.25 bits per heavy atom. The fourth-order valence-electron chi connectivity index (χ4n) is 2.69. The van der Waals surface area contributed by atoms with E-state index < -0.39 is 15.8 Å². The molecule has 0 aliphatic heterocycles. The minimum Gasteiger partial charge on any atom is -0.490 e. The number of hydrogen-bond donors (Lipinski definition) is 0. The van der Waals surface area contributed by atoms with Gasteiger partial charge in [-0.25, -0.2) is 8.42 Å². The molecule has 0 spiro atoms. The highest BCUT2D eigenvalue weighted by Crippen LogP contribution is 2.41. The van der Waals surface area contributed by atoms with Crippen LogP contribution in [0.1, 0.15) is 30.1 Å². The number of Topliss-reactive ketones (excluding diaryl/α,β-unsaturated/α-hetero) is 2. The molecule has 0 aromatic heterocycles. The Balaban J connectivity index is 2.70. The van der Waals surface area contributed by atoms with Crippen LogP contribution in [0.4, 0.5) is 5.69 Å². The lowest BCUT2D eigenvalue weighted by Crippen LogP contribution is -2.28. The van der Waals surface area contributed by atoms with E-state index >= 15 is 0 Å². The maximum absolute atomic E-state index is 13.4. The molecule has 1 saturated carbocycles. The van der Waals surface area contributed by atoms with Gasteiger partial charge in [0.1, 0.15) is 5.69 Å². The Kier molecular flexibility index (Phi) is 6.93. The Morgan fingerprint density at radius 3 is 2.32 bits per heavy atom. The molecule has 1 fully saturated rings. The summed E-state index contributed by atoms with van der Waals surface area (Å²) >= 11 is 3.36. The molecule has 0 unspecified atom stereocenters. The largest absolute Gasteiger partial charge is 0.490 e. The summed E-state index contributed by atoms with van der Waals surface area (Å²) in [5.41, 5.74) is 0.249. The third-order valence-corrected chi connectivity index (χ3v) is 6.08. The van der Waals surface area contributed by atoms with Crippen LogP contribution < -0.4 is 9.04 Å². The van der Waals surface area contributed by atoms with Crippen LogP contribution in [0.15, 0.2) is 28.4 Å². The molecule has 7 nitrogen and oxygen atoms in total. The summed E-state index contributed by atoms with van der Waals surface area (Å²) < 4.78 is 31.6. The van der Waals surface area contributed by atoms with Crippen molar-refractivity contribution in [1.29, 1.82) is 0 Å². The van der Waals surface area contributed by atoms with E-state index in [1.807, 2.05) is 0 Å². The molecule has 1 aliphatic carbocycles. The van der Waals surface area contributed by atoms with E-state index in [1.54, 1.807) is 32.0 Å². The van der Waals surface area contributed by atoms with Gasteiger partial charge in [-0.05, 0) is 47.8 Å². The number of anilines is 1. The number of carbonyl (C=O) groups is 2. The Labute approximate surface area is 174 Å². The Bertz CT molecular complexity index is 920. The van der Waals surface area contributed by atoms with E-state index in [0.717, 1.165) is 23.4 Å². The highest BCUT2D eigenvalue weighted by molar-refractivity contribution is 9.10. The van der Waals surface area contributed by atoms with Gasteiger partial charge in [-0.15, -0.1) is 0 Å². The number of allylic oxidation sites excluding steroid dienone is 1. The maximum Gasteiger partial charge on any atom is 0.232 e. The monoisotopic (exact) mass is 472 g/mol. The first-order valence-corrected chi connectivity index (χ1v) is 11.5. The van der Waals surface area contributed by atoms with Gasteiger partial charge in [0.15, 0.2) is 17.3 Å². The highest BCUT2D eigenvalue weighted by Gasteiger charge is 2.36. The van der Waals surface area contributed by atoms with Crippen molar-refractivity contribution in [3.63, 3.8) is 0 Å². The molecule has 154 valence electrons. The zero-order chi connectivity index (χ0) is 21.2. The minimum atomic E-state index is -3.68. The minimum absolute atomic E-state index is 0.0421. The first-order chi connectivity index (χ1) is 13.0. The predicted molar refractivity (Wildman–Crippen MR) is 112 cm³/mol. The van der Waals surface area contributed by atoms with Crippen LogP contribution in [-0.2, 0) is 14.8 Å². The van der Waals surface area contributed by atoms with Crippen molar-refractivity contribution in [3.8, 4) is 5.75 Å². The third-order valence-electron chi connectivity index (χ3n) is 4.27. The van der Waals surface area contributed by atoms with Crippen LogP contribution in [-0.4, -0.2) is 58.9 Å². The van der Waals surface area contributed by atoms with E-state index in [-0.39, 0.29) is 40.9 Å². The molecule has 28 heavy (non-hydrogen) atoms. The number of benzene rings is 1. The number of carbonyl (C=O) groups excluding carboxylic acids is 2. The van der Waals surface area contributed by atoms with Crippen LogP contribution in [0.3, 0.4) is 0 Å². The lowest BCUT2D eigenvalue weighted by atomic mass is 9.96. The average molecular weight is 473 g/mol. The second-order valence-corrected chi connectivity index (χ2v) is 9.78. The summed E-state index contributed by atoms with van der Waals surface area (Å²) in [6.07, 6.45) is 4.06. The van der Waals surface area contributed by atoms with Gasteiger partial charge >= 0.3 is 0 Å². The van der Waals surface area contributed by atoms with Gasteiger partial charge in [0.05, 0.1) is 28.5 Å². The number of nitrogens with zero attached hydrogens (tertiary/aromatic N) is 2. The van der Waals surface area contributed by atoms with Crippen LogP contribution in [0.2, 0.25) is 0 Å². The van der Waals surface area contributed by atoms with E-state index in [9.17, 15) is 18.0 Å². The highest BCUT2D eigenvalue weighted by atomic mass is 79.9. The van der Waals surface area contributed by atoms with E-state index in [2.05, 4.69) is 15.9 Å². The van der Waals surface area contributed by atoms with Crippen molar-refractivity contribution in [2.24, 2.45) is 5.92 Å². The second-order valence-electron chi connectivity index (χ2n) is 6.91. The number of sulfonamides is 1. The number of ether oxygens (including phenoxy) is 1. The van der Waals surface area contributed by atoms with Crippen LogP contribution in [0.5, 0.6) is 5.75 Å². The molecule has 0 saturated heterocycles. The number of ketones is 2. The summed E-state index contributed by atoms with van der Waals surface area (Å²) in [5.74, 6) is -0.644. The van der Waals surface area contributed by atoms with E-state index in [0.29, 0.717) is 4.47 Å². The SMILES string of the molecule is CCOc1c(Br)ccc(C(=O)/C(=C/N(C)C)C(=O)C2CC2)c1N(C)S(C)(=O)=O. The first kappa shape index (κ1) is 22.4. The van der Waals surface area contributed by atoms with Crippen LogP contribution in [0, 0.1) is 5.92 Å². The van der Waals surface area contributed by atoms with Gasteiger partial charge < -0.3 is 9.64 Å². The fraction of sp³-hybridized carbons (Fsp3) is 0.474. The Hall–Kier alpha value is -1.87. The van der Waals surface area contributed by atoms with Crippen molar-refractivity contribution < 1.29 is 22.7 Å². The number of hydrogen-bond acceptors (Lipinski definition) is 6. The molecule has 0 radical (unpaired) electrons. The number of halogens is 1. The normalized spacial score (nSPS) is 14.6. The smallest absolute Gasteiger partial charge is 0.232 e. The maximum atomic E-state index is 13.4. The lowest BCUT2D eigenvalue weighted by Gasteiger charge is -2.24. The van der Waals surface area contributed by atoms with Crippen molar-refractivity contribution >= 4 is 43.2 Å². The van der Waals surface area contributed by atoms with Gasteiger partial charge in [0.25, 0.3) is 0 Å². The summed E-state index contributed by atoms with van der Waals surface area (Å²) in [5, 5.41) is 0. The molecule has 0 atom stereocenters. The van der Waals surface area contributed by atoms with Crippen LogP contribution >= 0.6 is 15.9 Å². The van der Waals surface area contributed by atoms with E-state index in [4.69, 9.17) is 4.74 Å². The van der Waals surface area contributed by atoms with Gasteiger partial charge in [-0.3, -0.25) is 13.9 Å². The lowest BCUT2D eigenvalue weighted by molar-refractivity contribution is -0.116. The zero-order valence-corrected chi connectivity index (χ0v) is 19.1. The summed E-state index contributed by atoms with van der Waals surface area (Å²) in [6.45, 7) is 2.04. The quantitative estimate of drug-likeness (QED) is 0.237. The molecular formula is C19H25BrN2O5S. The average Bonchev–Trinajstić information content (AvgIpc) is 3.43. The zero-order valence-electron chi connectivity index (χ0n) is 16.7. The van der Waals surface area contributed by atoms with Gasteiger partial charge in [-0.2, -0.15) is 0 Å². The molecule has 1 aliphatic rings. The van der Waals surface area contributed by atoms with Gasteiger partial charge in [-0.1, -0.05) is 0 Å². The topological polar surface area (TPSA) is 84.0 Å². The molecule has 9 heteroatoms. The molecule has 1 aromatic rings. The summed E-state index contributed by atoms with van der Waals surface area (Å²) in [7, 11) is 1.13.